The van der Waals surface area contributed by atoms with Crippen molar-refractivity contribution in [3.63, 3.8) is 0 Å². The monoisotopic (exact) mass is 336 g/mol. The summed E-state index contributed by atoms with van der Waals surface area (Å²) < 4.78 is 7.25. The molecule has 0 saturated carbocycles. The van der Waals surface area contributed by atoms with E-state index in [4.69, 9.17) is 4.74 Å². The maximum atomic E-state index is 12.3. The molecule has 2 atom stereocenters. The third kappa shape index (κ3) is 3.01. The first-order valence-electron chi connectivity index (χ1n) is 7.86. The Morgan fingerprint density at radius 1 is 1.20 bits per heavy atom. The van der Waals surface area contributed by atoms with Crippen molar-refractivity contribution in [1.29, 1.82) is 0 Å². The SMILES string of the molecule is C[C@H]1Oc2ccccc2[C@@H]1NC(=O)Nc1cnn(-c2ncccn2)c1. The number of nitrogens with zero attached hydrogens (tertiary/aromatic N) is 4. The average molecular weight is 336 g/mol. The predicted octanol–water partition coefficient (Wildman–Crippen LogP) is 2.31. The predicted molar refractivity (Wildman–Crippen MR) is 90.6 cm³/mol. The maximum Gasteiger partial charge on any atom is 0.319 e. The van der Waals surface area contributed by atoms with Gasteiger partial charge in [-0.05, 0) is 19.1 Å². The van der Waals surface area contributed by atoms with Gasteiger partial charge in [0.05, 0.1) is 24.1 Å². The summed E-state index contributed by atoms with van der Waals surface area (Å²) in [4.78, 5) is 20.5. The van der Waals surface area contributed by atoms with Crippen LogP contribution in [-0.4, -0.2) is 31.9 Å². The van der Waals surface area contributed by atoms with E-state index in [0.29, 0.717) is 11.6 Å². The standard InChI is InChI=1S/C17H16N6O2/c1-11-15(13-5-2-3-6-14(13)25-11)22-17(24)21-12-9-20-23(10-12)16-18-7-4-8-19-16/h2-11,15H,1H3,(H2,21,22,24)/t11-,15-/m1/s1. The van der Waals surface area contributed by atoms with Gasteiger partial charge in [0.25, 0.3) is 0 Å². The van der Waals surface area contributed by atoms with E-state index in [0.717, 1.165) is 11.3 Å². The highest BCUT2D eigenvalue weighted by Crippen LogP contribution is 2.36. The highest BCUT2D eigenvalue weighted by Gasteiger charge is 2.32. The normalized spacial score (nSPS) is 18.3. The van der Waals surface area contributed by atoms with Crippen LogP contribution in [-0.2, 0) is 0 Å². The van der Waals surface area contributed by atoms with Crippen molar-refractivity contribution in [2.24, 2.45) is 0 Å². The van der Waals surface area contributed by atoms with E-state index in [1.165, 1.54) is 4.68 Å². The van der Waals surface area contributed by atoms with E-state index < -0.39 is 0 Å². The molecule has 0 spiro atoms. The van der Waals surface area contributed by atoms with Crippen LogP contribution in [0.4, 0.5) is 10.5 Å². The topological polar surface area (TPSA) is 94.0 Å². The number of fused-ring (bicyclic) bond motifs is 1. The molecule has 4 rings (SSSR count). The van der Waals surface area contributed by atoms with Crippen LogP contribution >= 0.6 is 0 Å². The first-order valence-corrected chi connectivity index (χ1v) is 7.86. The number of hydrogen-bond acceptors (Lipinski definition) is 5. The number of anilines is 1. The fourth-order valence-electron chi connectivity index (χ4n) is 2.78. The molecule has 0 fully saturated rings. The minimum Gasteiger partial charge on any atom is -0.488 e. The Kier molecular flexibility index (Phi) is 3.77. The summed E-state index contributed by atoms with van der Waals surface area (Å²) in [5.41, 5.74) is 1.52. The molecule has 0 bridgehead atoms. The molecule has 1 aliphatic rings. The number of carbonyl (C=O) groups excluding carboxylic acids is 1. The number of ether oxygens (including phenoxy) is 1. The molecule has 0 unspecified atom stereocenters. The summed E-state index contributed by atoms with van der Waals surface area (Å²) in [5, 5.41) is 9.85. The minimum atomic E-state index is -0.328. The highest BCUT2D eigenvalue weighted by atomic mass is 16.5. The second kappa shape index (κ2) is 6.23. The van der Waals surface area contributed by atoms with E-state index in [9.17, 15) is 4.79 Å². The van der Waals surface area contributed by atoms with Crippen molar-refractivity contribution in [2.45, 2.75) is 19.1 Å². The lowest BCUT2D eigenvalue weighted by Gasteiger charge is -2.16. The highest BCUT2D eigenvalue weighted by molar-refractivity contribution is 5.89. The number of amides is 2. The number of benzene rings is 1. The third-order valence-electron chi connectivity index (χ3n) is 3.92. The van der Waals surface area contributed by atoms with Crippen LogP contribution in [0.15, 0.2) is 55.1 Å². The first-order chi connectivity index (χ1) is 12.2. The van der Waals surface area contributed by atoms with E-state index in [1.54, 1.807) is 30.9 Å². The molecule has 8 nitrogen and oxygen atoms in total. The molecule has 1 aliphatic heterocycles. The zero-order valence-electron chi connectivity index (χ0n) is 13.5. The van der Waals surface area contributed by atoms with Gasteiger partial charge in [0.15, 0.2) is 0 Å². The molecule has 2 amide bonds. The molecule has 0 radical (unpaired) electrons. The van der Waals surface area contributed by atoms with Crippen LogP contribution < -0.4 is 15.4 Å². The molecule has 8 heteroatoms. The molecule has 0 aliphatic carbocycles. The van der Waals surface area contributed by atoms with Gasteiger partial charge >= 0.3 is 6.03 Å². The minimum absolute atomic E-state index is 0.136. The zero-order valence-corrected chi connectivity index (χ0v) is 13.5. The van der Waals surface area contributed by atoms with Gasteiger partial charge < -0.3 is 15.4 Å². The molecule has 2 aromatic heterocycles. The van der Waals surface area contributed by atoms with Crippen molar-refractivity contribution in [2.75, 3.05) is 5.32 Å². The van der Waals surface area contributed by atoms with Gasteiger partial charge in [-0.25, -0.2) is 19.4 Å². The summed E-state index contributed by atoms with van der Waals surface area (Å²) in [7, 11) is 0. The number of nitrogens with one attached hydrogen (secondary N) is 2. The number of hydrogen-bond donors (Lipinski definition) is 2. The van der Waals surface area contributed by atoms with Gasteiger partial charge in [-0.2, -0.15) is 5.10 Å². The molecular weight excluding hydrogens is 320 g/mol. The number of carbonyl (C=O) groups is 1. The fourth-order valence-corrected chi connectivity index (χ4v) is 2.78. The summed E-state index contributed by atoms with van der Waals surface area (Å²) in [6.07, 6.45) is 6.31. The van der Waals surface area contributed by atoms with Gasteiger partial charge in [-0.3, -0.25) is 0 Å². The van der Waals surface area contributed by atoms with Crippen LogP contribution in [0, 0.1) is 0 Å². The number of urea groups is 1. The number of aromatic nitrogens is 4. The van der Waals surface area contributed by atoms with Crippen molar-refractivity contribution in [3.05, 3.63) is 60.7 Å². The second-order valence-corrected chi connectivity index (χ2v) is 5.66. The molecule has 1 aromatic carbocycles. The van der Waals surface area contributed by atoms with Gasteiger partial charge in [-0.15, -0.1) is 0 Å². The van der Waals surface area contributed by atoms with Crippen molar-refractivity contribution in [3.8, 4) is 11.7 Å². The van der Waals surface area contributed by atoms with Gasteiger partial charge in [0.2, 0.25) is 5.95 Å². The molecule has 25 heavy (non-hydrogen) atoms. The van der Waals surface area contributed by atoms with E-state index in [1.807, 2.05) is 31.2 Å². The lowest BCUT2D eigenvalue weighted by molar-refractivity contribution is 0.204. The molecule has 3 aromatic rings. The molecule has 126 valence electrons. The quantitative estimate of drug-likeness (QED) is 0.765. The molecular formula is C17H16N6O2. The Morgan fingerprint density at radius 2 is 2.00 bits per heavy atom. The van der Waals surface area contributed by atoms with Crippen LogP contribution in [0.3, 0.4) is 0 Å². The maximum absolute atomic E-state index is 12.3. The van der Waals surface area contributed by atoms with E-state index >= 15 is 0 Å². The van der Waals surface area contributed by atoms with E-state index in [2.05, 4.69) is 25.7 Å². The Morgan fingerprint density at radius 3 is 2.84 bits per heavy atom. The second-order valence-electron chi connectivity index (χ2n) is 5.66. The Hall–Kier alpha value is -3.42. The average Bonchev–Trinajstić information content (AvgIpc) is 3.21. The third-order valence-corrected chi connectivity index (χ3v) is 3.92. The lowest BCUT2D eigenvalue weighted by atomic mass is 10.1. The Bertz CT molecular complexity index is 895. The summed E-state index contributed by atoms with van der Waals surface area (Å²) in [6, 6.07) is 8.88. The van der Waals surface area contributed by atoms with Gasteiger partial charge in [0.1, 0.15) is 11.9 Å². The van der Waals surface area contributed by atoms with E-state index in [-0.39, 0.29) is 18.2 Å². The number of rotatable bonds is 3. The summed E-state index contributed by atoms with van der Waals surface area (Å²) >= 11 is 0. The number of para-hydroxylation sites is 1. The Balaban J connectivity index is 1.44. The summed E-state index contributed by atoms with van der Waals surface area (Å²) in [6.45, 7) is 1.93. The van der Waals surface area contributed by atoms with Gasteiger partial charge in [-0.1, -0.05) is 18.2 Å². The molecule has 0 saturated heterocycles. The lowest BCUT2D eigenvalue weighted by Crippen LogP contribution is -2.36. The van der Waals surface area contributed by atoms with Crippen LogP contribution in [0.5, 0.6) is 5.75 Å². The smallest absolute Gasteiger partial charge is 0.319 e. The zero-order chi connectivity index (χ0) is 17.2. The molecule has 3 heterocycles. The Labute approximate surface area is 143 Å². The first kappa shape index (κ1) is 15.1. The van der Waals surface area contributed by atoms with Crippen LogP contribution in [0.2, 0.25) is 0 Å². The molecule has 2 N–H and O–H groups in total. The van der Waals surface area contributed by atoms with Crippen molar-refractivity contribution in [1.82, 2.24) is 25.1 Å². The largest absolute Gasteiger partial charge is 0.488 e. The fraction of sp³-hybridized carbons (Fsp3) is 0.176. The van der Waals surface area contributed by atoms with Gasteiger partial charge in [0, 0.05) is 18.0 Å². The van der Waals surface area contributed by atoms with Crippen LogP contribution in [0.1, 0.15) is 18.5 Å². The van der Waals surface area contributed by atoms with Crippen LogP contribution in [0.25, 0.3) is 5.95 Å². The summed E-state index contributed by atoms with van der Waals surface area (Å²) in [5.74, 6) is 1.23. The van der Waals surface area contributed by atoms with Crippen molar-refractivity contribution >= 4 is 11.7 Å². The van der Waals surface area contributed by atoms with Crippen molar-refractivity contribution < 1.29 is 9.53 Å².